The van der Waals surface area contributed by atoms with Gasteiger partial charge in [-0.2, -0.15) is 0 Å². The molecule has 1 unspecified atom stereocenters. The topological polar surface area (TPSA) is 149 Å². The van der Waals surface area contributed by atoms with Gasteiger partial charge in [-0.15, -0.1) is 0 Å². The van der Waals surface area contributed by atoms with Gasteiger partial charge < -0.3 is 25.6 Å². The number of aliphatic hydroxyl groups excluding tert-OH is 1. The zero-order chi connectivity index (χ0) is 26.8. The minimum absolute atomic E-state index is 0.160. The van der Waals surface area contributed by atoms with Crippen LogP contribution in [0.1, 0.15) is 35.0 Å². The summed E-state index contributed by atoms with van der Waals surface area (Å²) in [4.78, 5) is 24.2. The van der Waals surface area contributed by atoms with Gasteiger partial charge >= 0.3 is 0 Å². The monoisotopic (exact) mass is 523 g/mol. The predicted octanol–water partition coefficient (Wildman–Crippen LogP) is 1.84. The minimum atomic E-state index is -0.929. The molecule has 12 heteroatoms. The van der Waals surface area contributed by atoms with Crippen molar-refractivity contribution in [2.75, 3.05) is 26.5 Å². The number of amidine groups is 1. The second-order valence-corrected chi connectivity index (χ2v) is 9.20. The maximum atomic E-state index is 14.4. The number of nitrogens with zero attached hydrogens (tertiary/aromatic N) is 4. The van der Waals surface area contributed by atoms with Crippen molar-refractivity contribution in [3.8, 4) is 17.1 Å². The van der Waals surface area contributed by atoms with Crippen LogP contribution in [-0.2, 0) is 16.0 Å². The van der Waals surface area contributed by atoms with Crippen LogP contribution in [0, 0.1) is 12.7 Å². The lowest BCUT2D eigenvalue weighted by atomic mass is 9.91. The standard InChI is InChI=1S/C26H30FN7O4/c1-13-23-20(33-26(28)30-13)11-19(32-24(23)34-38-15-10-21(29-12-15)25(35)37-3)16-8-7-14(27)9-17(16)18-5-4-6-22(31-18)36-2/h4-9,15,19,21,25,29,35H,10-12H2,1-3H3,(H,32,34)(H2,28,30,33)/t15-,19-,21+,25?/m1/s1. The van der Waals surface area contributed by atoms with Gasteiger partial charge in [0.15, 0.2) is 12.1 Å². The van der Waals surface area contributed by atoms with Gasteiger partial charge in [0.1, 0.15) is 5.82 Å². The zero-order valence-electron chi connectivity index (χ0n) is 21.3. The van der Waals surface area contributed by atoms with Gasteiger partial charge in [0.2, 0.25) is 11.8 Å². The number of hydroxylamine groups is 1. The molecule has 5 N–H and O–H groups in total. The summed E-state index contributed by atoms with van der Waals surface area (Å²) in [7, 11) is 2.98. The minimum Gasteiger partial charge on any atom is -0.481 e. The number of aryl methyl sites for hydroxylation is 1. The molecule has 38 heavy (non-hydrogen) atoms. The van der Waals surface area contributed by atoms with E-state index in [-0.39, 0.29) is 23.9 Å². The highest BCUT2D eigenvalue weighted by atomic mass is 19.1. The second-order valence-electron chi connectivity index (χ2n) is 9.20. The summed E-state index contributed by atoms with van der Waals surface area (Å²) < 4.78 is 24.7. The highest BCUT2D eigenvalue weighted by Crippen LogP contribution is 2.36. The van der Waals surface area contributed by atoms with E-state index in [1.807, 2.05) is 6.92 Å². The number of anilines is 1. The van der Waals surface area contributed by atoms with Crippen LogP contribution in [0.15, 0.2) is 41.4 Å². The van der Waals surface area contributed by atoms with Crippen molar-refractivity contribution < 1.29 is 23.8 Å². The van der Waals surface area contributed by atoms with E-state index in [4.69, 9.17) is 25.0 Å². The lowest BCUT2D eigenvalue weighted by Gasteiger charge is -2.26. The fraction of sp³-hybridized carbons (Fsp3) is 0.385. The number of ether oxygens (including phenoxy) is 2. The van der Waals surface area contributed by atoms with Crippen LogP contribution in [0.4, 0.5) is 10.3 Å². The Morgan fingerprint density at radius 1 is 1.18 bits per heavy atom. The molecule has 0 spiro atoms. The van der Waals surface area contributed by atoms with Crippen molar-refractivity contribution >= 4 is 11.8 Å². The Balaban J connectivity index is 1.49. The van der Waals surface area contributed by atoms with Gasteiger partial charge in [-0.3, -0.25) is 9.83 Å². The van der Waals surface area contributed by atoms with E-state index in [2.05, 4.69) is 25.7 Å². The molecule has 1 aromatic carbocycles. The lowest BCUT2D eigenvalue weighted by Crippen LogP contribution is -2.35. The number of hydrogen-bond acceptors (Lipinski definition) is 11. The van der Waals surface area contributed by atoms with E-state index in [1.54, 1.807) is 24.3 Å². The number of nitrogens with two attached hydrogens (primary N) is 1. The second kappa shape index (κ2) is 11.0. The fourth-order valence-corrected chi connectivity index (χ4v) is 4.88. The Labute approximate surface area is 219 Å². The molecule has 1 fully saturated rings. The van der Waals surface area contributed by atoms with E-state index in [9.17, 15) is 9.50 Å². The number of methoxy groups -OCH3 is 2. The number of benzene rings is 1. The van der Waals surface area contributed by atoms with Crippen LogP contribution in [-0.4, -0.2) is 65.1 Å². The number of hydrogen-bond donors (Lipinski definition) is 4. The molecule has 4 heterocycles. The number of pyridine rings is 1. The molecule has 4 atom stereocenters. The van der Waals surface area contributed by atoms with Crippen molar-refractivity contribution in [3.63, 3.8) is 0 Å². The number of halogens is 1. The molecule has 5 rings (SSSR count). The summed E-state index contributed by atoms with van der Waals surface area (Å²) >= 11 is 0. The summed E-state index contributed by atoms with van der Waals surface area (Å²) in [5, 5.41) is 13.1. The van der Waals surface area contributed by atoms with Crippen LogP contribution in [0.2, 0.25) is 0 Å². The first kappa shape index (κ1) is 25.9. The number of aliphatic imine (C=N–C) groups is 1. The molecule has 3 aromatic rings. The average Bonchev–Trinajstić information content (AvgIpc) is 3.40. The van der Waals surface area contributed by atoms with Gasteiger partial charge in [-0.05, 0) is 37.1 Å². The number of aromatic nitrogens is 3. The molecule has 0 radical (unpaired) electrons. The first-order chi connectivity index (χ1) is 18.4. The Morgan fingerprint density at radius 3 is 2.82 bits per heavy atom. The summed E-state index contributed by atoms with van der Waals surface area (Å²) in [6.45, 7) is 2.35. The SMILES string of the molecule is COc1cccc(-c2cc(F)ccc2[C@H]2Cc3nc(N)nc(C)c3C(NO[C@H]3CN[C@H](C(O)OC)C3)=N2)n1. The fourth-order valence-electron chi connectivity index (χ4n) is 4.88. The number of nitrogen functional groups attached to an aromatic ring is 1. The van der Waals surface area contributed by atoms with Crippen molar-refractivity contribution in [2.24, 2.45) is 4.99 Å². The van der Waals surface area contributed by atoms with Crippen LogP contribution >= 0.6 is 0 Å². The maximum Gasteiger partial charge on any atom is 0.220 e. The number of fused-ring (bicyclic) bond motifs is 1. The van der Waals surface area contributed by atoms with Crippen LogP contribution in [0.5, 0.6) is 5.88 Å². The van der Waals surface area contributed by atoms with Crippen molar-refractivity contribution in [1.29, 1.82) is 0 Å². The molecule has 11 nitrogen and oxygen atoms in total. The third-order valence-corrected chi connectivity index (χ3v) is 6.71. The summed E-state index contributed by atoms with van der Waals surface area (Å²) in [5.74, 6) is 0.633. The summed E-state index contributed by atoms with van der Waals surface area (Å²) in [6.07, 6.45) is -0.217. The Morgan fingerprint density at radius 2 is 2.03 bits per heavy atom. The largest absolute Gasteiger partial charge is 0.481 e. The molecule has 2 aliphatic rings. The molecule has 2 aliphatic heterocycles. The van der Waals surface area contributed by atoms with E-state index in [1.165, 1.54) is 26.4 Å². The lowest BCUT2D eigenvalue weighted by molar-refractivity contribution is -0.0963. The van der Waals surface area contributed by atoms with Crippen LogP contribution in [0.3, 0.4) is 0 Å². The third kappa shape index (κ3) is 5.29. The van der Waals surface area contributed by atoms with Gasteiger partial charge in [0.05, 0.1) is 47.9 Å². The predicted molar refractivity (Wildman–Crippen MR) is 138 cm³/mol. The highest BCUT2D eigenvalue weighted by molar-refractivity contribution is 6.01. The van der Waals surface area contributed by atoms with Gasteiger partial charge in [0.25, 0.3) is 0 Å². The smallest absolute Gasteiger partial charge is 0.220 e. The first-order valence-electron chi connectivity index (χ1n) is 12.2. The number of nitrogens with one attached hydrogen (secondary N) is 2. The molecule has 0 amide bonds. The highest BCUT2D eigenvalue weighted by Gasteiger charge is 2.32. The van der Waals surface area contributed by atoms with E-state index >= 15 is 0 Å². The Kier molecular flexibility index (Phi) is 7.47. The van der Waals surface area contributed by atoms with Gasteiger partial charge in [-0.25, -0.2) is 24.8 Å². The summed E-state index contributed by atoms with van der Waals surface area (Å²) in [5.41, 5.74) is 13.0. The zero-order valence-corrected chi connectivity index (χ0v) is 21.3. The summed E-state index contributed by atoms with van der Waals surface area (Å²) in [6, 6.07) is 9.20. The van der Waals surface area contributed by atoms with Crippen LogP contribution in [0.25, 0.3) is 11.3 Å². The van der Waals surface area contributed by atoms with E-state index < -0.39 is 12.3 Å². The molecule has 0 bridgehead atoms. The number of rotatable bonds is 7. The Hall–Kier alpha value is -3.71. The van der Waals surface area contributed by atoms with E-state index in [0.29, 0.717) is 59.3 Å². The maximum absolute atomic E-state index is 14.4. The molecule has 0 saturated carbocycles. The molecular formula is C26H30FN7O4. The molecule has 1 saturated heterocycles. The molecule has 200 valence electrons. The average molecular weight is 524 g/mol. The normalized spacial score (nSPS) is 21.5. The van der Waals surface area contributed by atoms with Gasteiger partial charge in [0, 0.05) is 31.7 Å². The molecule has 2 aromatic heterocycles. The van der Waals surface area contributed by atoms with Crippen molar-refractivity contribution in [3.05, 3.63) is 64.7 Å². The van der Waals surface area contributed by atoms with Crippen molar-refractivity contribution in [2.45, 2.75) is 44.2 Å². The molecule has 0 aliphatic carbocycles. The van der Waals surface area contributed by atoms with E-state index in [0.717, 1.165) is 5.56 Å². The van der Waals surface area contributed by atoms with Crippen LogP contribution < -0.4 is 21.3 Å². The molecular weight excluding hydrogens is 493 g/mol. The first-order valence-corrected chi connectivity index (χ1v) is 12.2. The third-order valence-electron chi connectivity index (χ3n) is 6.71. The number of aliphatic hydroxyl groups is 1. The van der Waals surface area contributed by atoms with Crippen molar-refractivity contribution in [1.82, 2.24) is 25.7 Å². The van der Waals surface area contributed by atoms with Gasteiger partial charge in [-0.1, -0.05) is 12.1 Å². The quantitative estimate of drug-likeness (QED) is 0.267. The Bertz CT molecular complexity index is 1360.